The average molecular weight is 304 g/mol. The van der Waals surface area contributed by atoms with Crippen LogP contribution in [0.5, 0.6) is 0 Å². The number of primary amides is 1. The summed E-state index contributed by atoms with van der Waals surface area (Å²) in [5, 5.41) is 0. The first-order valence-corrected chi connectivity index (χ1v) is 6.33. The Labute approximate surface area is 125 Å². The highest BCUT2D eigenvalue weighted by Crippen LogP contribution is 2.19. The summed E-state index contributed by atoms with van der Waals surface area (Å²) in [5.41, 5.74) is 5.79. The number of H-pyrrole nitrogens is 1. The lowest BCUT2D eigenvalue weighted by Gasteiger charge is -2.14. The molecular formula is C15H13FN2O4. The van der Waals surface area contributed by atoms with Crippen LogP contribution >= 0.6 is 0 Å². The Morgan fingerprint density at radius 2 is 1.86 bits per heavy atom. The van der Waals surface area contributed by atoms with E-state index in [-0.39, 0.29) is 17.0 Å². The first-order valence-electron chi connectivity index (χ1n) is 6.33. The van der Waals surface area contributed by atoms with E-state index in [1.54, 1.807) is 0 Å². The number of Topliss-reactive ketones (excluding diaryl/α,β-unsaturated/α-hetero) is 1. The van der Waals surface area contributed by atoms with E-state index in [1.807, 2.05) is 0 Å². The normalized spacial score (nSPS) is 11.7. The van der Waals surface area contributed by atoms with Crippen LogP contribution in [-0.4, -0.2) is 22.6 Å². The number of amides is 1. The van der Waals surface area contributed by atoms with Gasteiger partial charge in [0.25, 0.3) is 5.91 Å². The van der Waals surface area contributed by atoms with E-state index in [4.69, 9.17) is 10.5 Å². The highest BCUT2D eigenvalue weighted by molar-refractivity contribution is 5.98. The van der Waals surface area contributed by atoms with Crippen LogP contribution in [0.4, 0.5) is 4.39 Å². The van der Waals surface area contributed by atoms with E-state index >= 15 is 0 Å². The van der Waals surface area contributed by atoms with Gasteiger partial charge in [0.2, 0.25) is 6.10 Å². The van der Waals surface area contributed by atoms with Crippen LogP contribution in [-0.2, 0) is 9.53 Å². The number of ether oxygens (including phenoxy) is 1. The summed E-state index contributed by atoms with van der Waals surface area (Å²) in [4.78, 5) is 37.2. The molecular weight excluding hydrogens is 291 g/mol. The van der Waals surface area contributed by atoms with Crippen molar-refractivity contribution < 1.29 is 23.5 Å². The van der Waals surface area contributed by atoms with Crippen molar-refractivity contribution in [3.8, 4) is 0 Å². The molecule has 0 saturated heterocycles. The molecule has 1 atom stereocenters. The number of aromatic nitrogens is 1. The van der Waals surface area contributed by atoms with Crippen LogP contribution in [0.3, 0.4) is 0 Å². The number of hydrogen-bond donors (Lipinski definition) is 2. The smallest absolute Gasteiger partial charge is 0.355 e. The lowest BCUT2D eigenvalue weighted by Crippen LogP contribution is -2.26. The molecule has 22 heavy (non-hydrogen) atoms. The molecule has 2 aromatic rings. The van der Waals surface area contributed by atoms with Crippen molar-refractivity contribution in [2.24, 2.45) is 5.73 Å². The highest BCUT2D eigenvalue weighted by Gasteiger charge is 2.24. The van der Waals surface area contributed by atoms with Crippen molar-refractivity contribution in [2.45, 2.75) is 13.0 Å². The predicted octanol–water partition coefficient (Wildman–Crippen LogP) is 1.74. The molecule has 0 bridgehead atoms. The highest BCUT2D eigenvalue weighted by atomic mass is 19.1. The maximum atomic E-state index is 12.9. The Hall–Kier alpha value is -2.96. The Balaban J connectivity index is 2.20. The van der Waals surface area contributed by atoms with Crippen molar-refractivity contribution in [1.82, 2.24) is 4.98 Å². The zero-order valence-electron chi connectivity index (χ0n) is 11.6. The fourth-order valence-corrected chi connectivity index (χ4v) is 1.81. The number of ketones is 1. The number of esters is 1. The van der Waals surface area contributed by atoms with E-state index in [0.717, 1.165) is 12.1 Å². The lowest BCUT2D eigenvalue weighted by atomic mass is 10.1. The second kappa shape index (κ2) is 6.21. The molecule has 0 unspecified atom stereocenters. The van der Waals surface area contributed by atoms with Gasteiger partial charge in [-0.05, 0) is 25.1 Å². The Bertz CT molecular complexity index is 721. The van der Waals surface area contributed by atoms with Gasteiger partial charge in [-0.1, -0.05) is 12.1 Å². The second-order valence-corrected chi connectivity index (χ2v) is 4.60. The minimum atomic E-state index is -1.35. The van der Waals surface area contributed by atoms with Crippen molar-refractivity contribution in [2.75, 3.05) is 0 Å². The van der Waals surface area contributed by atoms with Crippen LogP contribution in [0.15, 0.2) is 36.5 Å². The maximum absolute atomic E-state index is 12.9. The molecule has 0 aliphatic carbocycles. The van der Waals surface area contributed by atoms with Crippen molar-refractivity contribution >= 4 is 17.7 Å². The molecule has 3 N–H and O–H groups in total. The number of carbonyl (C=O) groups is 3. The van der Waals surface area contributed by atoms with E-state index in [1.165, 1.54) is 31.3 Å². The predicted molar refractivity (Wildman–Crippen MR) is 74.5 cm³/mol. The molecule has 114 valence electrons. The largest absolute Gasteiger partial charge is 0.443 e. The van der Waals surface area contributed by atoms with E-state index < -0.39 is 23.8 Å². The van der Waals surface area contributed by atoms with Crippen molar-refractivity contribution in [1.29, 1.82) is 0 Å². The molecule has 1 amide bonds. The number of carbonyl (C=O) groups excluding carboxylic acids is 3. The van der Waals surface area contributed by atoms with E-state index in [0.29, 0.717) is 5.56 Å². The van der Waals surface area contributed by atoms with Gasteiger partial charge in [-0.2, -0.15) is 0 Å². The number of nitrogens with two attached hydrogens (primary N) is 1. The standard InChI is InChI=1S/C15H13FN2O4/c1-8(19)10-6-12(18-7-10)15(21)22-13(14(17)20)9-2-4-11(16)5-3-9/h2-7,13,18H,1H3,(H2,17,20)/t13-/m0/s1. The molecule has 7 heteroatoms. The number of nitrogens with one attached hydrogen (secondary N) is 1. The summed E-state index contributed by atoms with van der Waals surface area (Å²) in [5.74, 6) is -2.45. The molecule has 0 saturated carbocycles. The topological polar surface area (TPSA) is 102 Å². The number of aromatic amines is 1. The zero-order valence-corrected chi connectivity index (χ0v) is 11.6. The SMILES string of the molecule is CC(=O)c1c[nH]c(C(=O)O[C@H](C(N)=O)c2ccc(F)cc2)c1. The van der Waals surface area contributed by atoms with Crippen LogP contribution in [0.1, 0.15) is 39.4 Å². The number of benzene rings is 1. The molecule has 0 aliphatic heterocycles. The van der Waals surface area contributed by atoms with Gasteiger partial charge in [0.05, 0.1) is 0 Å². The van der Waals surface area contributed by atoms with Gasteiger partial charge in [-0.3, -0.25) is 9.59 Å². The molecule has 1 aromatic heterocycles. The van der Waals surface area contributed by atoms with Gasteiger partial charge in [-0.25, -0.2) is 9.18 Å². The maximum Gasteiger partial charge on any atom is 0.355 e. The van der Waals surface area contributed by atoms with Crippen LogP contribution in [0.25, 0.3) is 0 Å². The molecule has 2 rings (SSSR count). The Morgan fingerprint density at radius 3 is 2.36 bits per heavy atom. The van der Waals surface area contributed by atoms with Gasteiger partial charge in [-0.15, -0.1) is 0 Å². The average Bonchev–Trinajstić information content (AvgIpc) is 2.95. The van der Waals surface area contributed by atoms with Crippen LogP contribution in [0, 0.1) is 5.82 Å². The van der Waals surface area contributed by atoms with Crippen molar-refractivity contribution in [3.05, 3.63) is 59.2 Å². The number of halogens is 1. The fourth-order valence-electron chi connectivity index (χ4n) is 1.81. The molecule has 0 radical (unpaired) electrons. The summed E-state index contributed by atoms with van der Waals surface area (Å²) in [6.45, 7) is 1.35. The first-order chi connectivity index (χ1) is 10.4. The van der Waals surface area contributed by atoms with Gasteiger partial charge < -0.3 is 15.5 Å². The third kappa shape index (κ3) is 3.38. The molecule has 6 nitrogen and oxygen atoms in total. The van der Waals surface area contributed by atoms with E-state index in [9.17, 15) is 18.8 Å². The molecule has 0 aliphatic rings. The molecule has 0 fully saturated rings. The first kappa shape index (κ1) is 15.4. The van der Waals surface area contributed by atoms with E-state index in [2.05, 4.69) is 4.98 Å². The summed E-state index contributed by atoms with van der Waals surface area (Å²) >= 11 is 0. The number of hydrogen-bond acceptors (Lipinski definition) is 4. The third-order valence-corrected chi connectivity index (χ3v) is 2.97. The summed E-state index contributed by atoms with van der Waals surface area (Å²) in [6.07, 6.45) is 0.00740. The summed E-state index contributed by atoms with van der Waals surface area (Å²) < 4.78 is 17.9. The molecule has 0 spiro atoms. The van der Waals surface area contributed by atoms with Crippen LogP contribution in [0.2, 0.25) is 0 Å². The van der Waals surface area contributed by atoms with Gasteiger partial charge >= 0.3 is 5.97 Å². The van der Waals surface area contributed by atoms with Gasteiger partial charge in [0.1, 0.15) is 11.5 Å². The minimum Gasteiger partial charge on any atom is -0.443 e. The van der Waals surface area contributed by atoms with Crippen molar-refractivity contribution in [3.63, 3.8) is 0 Å². The summed E-state index contributed by atoms with van der Waals surface area (Å²) in [7, 11) is 0. The second-order valence-electron chi connectivity index (χ2n) is 4.60. The Morgan fingerprint density at radius 1 is 1.23 bits per heavy atom. The fraction of sp³-hybridized carbons (Fsp3) is 0.133. The number of rotatable bonds is 5. The van der Waals surface area contributed by atoms with Gasteiger partial charge in [0.15, 0.2) is 5.78 Å². The third-order valence-electron chi connectivity index (χ3n) is 2.97. The Kier molecular flexibility index (Phi) is 4.36. The summed E-state index contributed by atoms with van der Waals surface area (Å²) in [6, 6.07) is 6.16. The van der Waals surface area contributed by atoms with Crippen LogP contribution < -0.4 is 5.73 Å². The monoisotopic (exact) mass is 304 g/mol. The molecule has 1 heterocycles. The minimum absolute atomic E-state index is 0.0126. The zero-order chi connectivity index (χ0) is 16.3. The van der Waals surface area contributed by atoms with Gasteiger partial charge in [0, 0.05) is 17.3 Å². The quantitative estimate of drug-likeness (QED) is 0.648. The lowest BCUT2D eigenvalue weighted by molar-refractivity contribution is -0.127. The molecule has 1 aromatic carbocycles.